The van der Waals surface area contributed by atoms with Crippen LogP contribution in [-0.4, -0.2) is 17.0 Å². The number of nitrogens with one attached hydrogen (secondary N) is 1. The average Bonchev–Trinajstić information content (AvgIpc) is 2.43. The number of nitrogens with zero attached hydrogens (tertiary/aromatic N) is 1. The molecule has 0 aliphatic heterocycles. The zero-order valence-corrected chi connectivity index (χ0v) is 11.8. The van der Waals surface area contributed by atoms with Crippen LogP contribution >= 0.6 is 0 Å². The molecule has 0 aliphatic rings. The van der Waals surface area contributed by atoms with Gasteiger partial charge < -0.3 is 15.8 Å². The van der Waals surface area contributed by atoms with Crippen molar-refractivity contribution in [3.05, 3.63) is 47.9 Å². The van der Waals surface area contributed by atoms with Gasteiger partial charge in [-0.3, -0.25) is 4.79 Å². The zero-order valence-electron chi connectivity index (χ0n) is 11.8. The molecule has 2 aromatic rings. The predicted octanol–water partition coefficient (Wildman–Crippen LogP) is 2.84. The Morgan fingerprint density at radius 1 is 1.38 bits per heavy atom. The van der Waals surface area contributed by atoms with Crippen LogP contribution in [0.1, 0.15) is 24.2 Å². The summed E-state index contributed by atoms with van der Waals surface area (Å²) in [4.78, 5) is 16.2. The predicted molar refractivity (Wildman–Crippen MR) is 78.8 cm³/mol. The highest BCUT2D eigenvalue weighted by atomic mass is 19.1. The molecule has 3 N–H and O–H groups in total. The Labute approximate surface area is 121 Å². The number of benzene rings is 1. The van der Waals surface area contributed by atoms with Gasteiger partial charge in [-0.2, -0.15) is 0 Å². The lowest BCUT2D eigenvalue weighted by atomic mass is 10.1. The first-order chi connectivity index (χ1) is 9.97. The monoisotopic (exact) mass is 289 g/mol. The zero-order chi connectivity index (χ0) is 15.4. The molecule has 0 saturated carbocycles. The van der Waals surface area contributed by atoms with Crippen LogP contribution in [-0.2, 0) is 0 Å². The van der Waals surface area contributed by atoms with E-state index in [1.54, 1.807) is 18.3 Å². The number of carbonyl (C=O) groups excluding carboxylic acids is 1. The summed E-state index contributed by atoms with van der Waals surface area (Å²) in [6.45, 7) is 3.69. The molecule has 1 aromatic heterocycles. The number of carbonyl (C=O) groups is 1. The normalized spacial score (nSPS) is 10.5. The number of aromatic nitrogens is 1. The first-order valence-corrected chi connectivity index (χ1v) is 6.45. The van der Waals surface area contributed by atoms with Crippen molar-refractivity contribution in [3.8, 4) is 5.88 Å². The number of ether oxygens (including phenoxy) is 1. The lowest BCUT2D eigenvalue weighted by Gasteiger charge is -2.13. The second kappa shape index (κ2) is 6.21. The highest BCUT2D eigenvalue weighted by Crippen LogP contribution is 2.23. The quantitative estimate of drug-likeness (QED) is 0.848. The Morgan fingerprint density at radius 3 is 2.86 bits per heavy atom. The summed E-state index contributed by atoms with van der Waals surface area (Å²) in [7, 11) is 0. The molecule has 0 bridgehead atoms. The number of nitrogen functional groups attached to an aromatic ring is 1. The van der Waals surface area contributed by atoms with Gasteiger partial charge in [0.1, 0.15) is 11.5 Å². The van der Waals surface area contributed by atoms with Crippen molar-refractivity contribution >= 4 is 17.3 Å². The molecule has 6 heteroatoms. The van der Waals surface area contributed by atoms with E-state index < -0.39 is 11.7 Å². The van der Waals surface area contributed by atoms with Crippen molar-refractivity contribution in [3.63, 3.8) is 0 Å². The summed E-state index contributed by atoms with van der Waals surface area (Å²) in [6, 6.07) is 7.11. The third-order valence-corrected chi connectivity index (χ3v) is 2.60. The molecule has 0 spiro atoms. The molecular formula is C15H16FN3O2. The van der Waals surface area contributed by atoms with Crippen molar-refractivity contribution in [2.45, 2.75) is 20.0 Å². The van der Waals surface area contributed by atoms with E-state index in [1.165, 1.54) is 12.1 Å². The Morgan fingerprint density at radius 2 is 2.14 bits per heavy atom. The lowest BCUT2D eigenvalue weighted by molar-refractivity contribution is 0.102. The number of hydrogen-bond donors (Lipinski definition) is 2. The first-order valence-electron chi connectivity index (χ1n) is 6.45. The summed E-state index contributed by atoms with van der Waals surface area (Å²) >= 11 is 0. The molecule has 0 aliphatic carbocycles. The van der Waals surface area contributed by atoms with E-state index in [0.29, 0.717) is 11.4 Å². The van der Waals surface area contributed by atoms with E-state index in [4.69, 9.17) is 10.5 Å². The van der Waals surface area contributed by atoms with E-state index >= 15 is 0 Å². The van der Waals surface area contributed by atoms with Gasteiger partial charge in [0.05, 0.1) is 11.7 Å². The number of nitrogens with two attached hydrogens (primary N) is 1. The van der Waals surface area contributed by atoms with Gasteiger partial charge in [-0.1, -0.05) is 0 Å². The van der Waals surface area contributed by atoms with Crippen molar-refractivity contribution in [1.29, 1.82) is 0 Å². The SMILES string of the molecule is CC(C)Oc1ncccc1NC(=O)c1cc(N)ccc1F. The van der Waals surface area contributed by atoms with E-state index in [9.17, 15) is 9.18 Å². The molecule has 1 amide bonds. The molecule has 0 atom stereocenters. The molecule has 0 saturated heterocycles. The molecule has 21 heavy (non-hydrogen) atoms. The van der Waals surface area contributed by atoms with Crippen LogP contribution in [0.25, 0.3) is 0 Å². The number of rotatable bonds is 4. The number of anilines is 2. The molecule has 0 unspecified atom stereocenters. The van der Waals surface area contributed by atoms with Gasteiger partial charge >= 0.3 is 0 Å². The standard InChI is InChI=1S/C15H16FN3O2/c1-9(2)21-15-13(4-3-7-18-15)19-14(20)11-8-10(17)5-6-12(11)16/h3-9H,17H2,1-2H3,(H,19,20). The second-order valence-corrected chi connectivity index (χ2v) is 4.72. The van der Waals surface area contributed by atoms with Crippen LogP contribution in [0, 0.1) is 5.82 Å². The topological polar surface area (TPSA) is 77.2 Å². The lowest BCUT2D eigenvalue weighted by Crippen LogP contribution is -2.16. The van der Waals surface area contributed by atoms with Crippen LogP contribution < -0.4 is 15.8 Å². The molecule has 1 aromatic carbocycles. The smallest absolute Gasteiger partial charge is 0.258 e. The first kappa shape index (κ1) is 14.8. The van der Waals surface area contributed by atoms with E-state index in [1.807, 2.05) is 13.8 Å². The Balaban J connectivity index is 2.25. The van der Waals surface area contributed by atoms with E-state index in [2.05, 4.69) is 10.3 Å². The molecule has 110 valence electrons. The maximum absolute atomic E-state index is 13.7. The van der Waals surface area contributed by atoms with Gasteiger partial charge in [-0.25, -0.2) is 9.37 Å². The fourth-order valence-corrected chi connectivity index (χ4v) is 1.71. The fraction of sp³-hybridized carbons (Fsp3) is 0.200. The van der Waals surface area contributed by atoms with Gasteiger partial charge in [-0.05, 0) is 44.2 Å². The second-order valence-electron chi connectivity index (χ2n) is 4.72. The Kier molecular flexibility index (Phi) is 4.37. The van der Waals surface area contributed by atoms with Crippen molar-refractivity contribution in [2.75, 3.05) is 11.1 Å². The maximum Gasteiger partial charge on any atom is 0.258 e. The third kappa shape index (κ3) is 3.68. The minimum absolute atomic E-state index is 0.0975. The Hall–Kier alpha value is -2.63. The summed E-state index contributed by atoms with van der Waals surface area (Å²) in [5.74, 6) is -0.969. The van der Waals surface area contributed by atoms with Crippen LogP contribution in [0.3, 0.4) is 0 Å². The van der Waals surface area contributed by atoms with Gasteiger partial charge in [0, 0.05) is 11.9 Å². The summed E-state index contributed by atoms with van der Waals surface area (Å²) < 4.78 is 19.2. The van der Waals surface area contributed by atoms with Gasteiger partial charge in [0.25, 0.3) is 5.91 Å². The molecule has 0 radical (unpaired) electrons. The van der Waals surface area contributed by atoms with Crippen LogP contribution in [0.2, 0.25) is 0 Å². The van der Waals surface area contributed by atoms with Crippen LogP contribution in [0.4, 0.5) is 15.8 Å². The number of amides is 1. The van der Waals surface area contributed by atoms with Crippen molar-refractivity contribution in [2.24, 2.45) is 0 Å². The molecular weight excluding hydrogens is 273 g/mol. The molecule has 1 heterocycles. The maximum atomic E-state index is 13.7. The highest BCUT2D eigenvalue weighted by Gasteiger charge is 2.15. The average molecular weight is 289 g/mol. The van der Waals surface area contributed by atoms with E-state index in [0.717, 1.165) is 6.07 Å². The largest absolute Gasteiger partial charge is 0.473 e. The summed E-state index contributed by atoms with van der Waals surface area (Å²) in [5.41, 5.74) is 6.13. The molecule has 0 fully saturated rings. The van der Waals surface area contributed by atoms with Crippen molar-refractivity contribution < 1.29 is 13.9 Å². The number of pyridine rings is 1. The van der Waals surface area contributed by atoms with Crippen LogP contribution in [0.5, 0.6) is 5.88 Å². The Bertz CT molecular complexity index is 659. The van der Waals surface area contributed by atoms with Gasteiger partial charge in [-0.15, -0.1) is 0 Å². The summed E-state index contributed by atoms with van der Waals surface area (Å²) in [5, 5.41) is 2.58. The van der Waals surface area contributed by atoms with Gasteiger partial charge in [0.15, 0.2) is 0 Å². The molecule has 5 nitrogen and oxygen atoms in total. The highest BCUT2D eigenvalue weighted by molar-refractivity contribution is 6.05. The fourth-order valence-electron chi connectivity index (χ4n) is 1.71. The minimum atomic E-state index is -0.642. The minimum Gasteiger partial charge on any atom is -0.473 e. The van der Waals surface area contributed by atoms with Gasteiger partial charge in [0.2, 0.25) is 5.88 Å². The third-order valence-electron chi connectivity index (χ3n) is 2.60. The molecule has 2 rings (SSSR count). The number of hydrogen-bond acceptors (Lipinski definition) is 4. The van der Waals surface area contributed by atoms with Crippen LogP contribution in [0.15, 0.2) is 36.5 Å². The number of halogens is 1. The van der Waals surface area contributed by atoms with Crippen molar-refractivity contribution in [1.82, 2.24) is 4.98 Å². The summed E-state index contributed by atoms with van der Waals surface area (Å²) in [6.07, 6.45) is 1.45. The van der Waals surface area contributed by atoms with E-state index in [-0.39, 0.29) is 17.5 Å².